The largest absolute Gasteiger partial charge is 0.330 e. The van der Waals surface area contributed by atoms with E-state index in [9.17, 15) is 4.79 Å². The predicted octanol–water partition coefficient (Wildman–Crippen LogP) is 3.23. The van der Waals surface area contributed by atoms with E-state index in [0.29, 0.717) is 12.5 Å². The number of carbonyl (C=O) groups is 1. The van der Waals surface area contributed by atoms with E-state index < -0.39 is 0 Å². The second-order valence-electron chi connectivity index (χ2n) is 7.70. The van der Waals surface area contributed by atoms with Crippen molar-refractivity contribution in [3.63, 3.8) is 0 Å². The quantitative estimate of drug-likeness (QED) is 0.872. The maximum absolute atomic E-state index is 12.4. The lowest BCUT2D eigenvalue weighted by atomic mass is 9.95. The summed E-state index contributed by atoms with van der Waals surface area (Å²) in [6.45, 7) is 6.36. The maximum atomic E-state index is 12.4. The van der Waals surface area contributed by atoms with Gasteiger partial charge in [-0.2, -0.15) is 0 Å². The second kappa shape index (κ2) is 8.13. The molecule has 4 heteroatoms. The molecular formula is C20H31N3O. The first-order valence-electron chi connectivity index (χ1n) is 9.48. The Bertz CT molecular complexity index is 542. The van der Waals surface area contributed by atoms with Crippen molar-refractivity contribution < 1.29 is 4.79 Å². The first-order chi connectivity index (χ1) is 11.7. The molecule has 3 rings (SSSR count). The average molecular weight is 329 g/mol. The SMILES string of the molecule is CC1CCCN(Cc2ccc(NC(=O)[C@@H]3CCC[C@@H]3CN)cc2)C1. The Labute approximate surface area is 145 Å². The molecule has 1 saturated carbocycles. The lowest BCUT2D eigenvalue weighted by Gasteiger charge is -2.30. The number of nitrogens with zero attached hydrogens (tertiary/aromatic N) is 1. The van der Waals surface area contributed by atoms with E-state index in [-0.39, 0.29) is 11.8 Å². The molecule has 2 aliphatic rings. The summed E-state index contributed by atoms with van der Waals surface area (Å²) in [5.74, 6) is 1.38. The Hall–Kier alpha value is -1.39. The highest BCUT2D eigenvalue weighted by atomic mass is 16.1. The third-order valence-corrected chi connectivity index (χ3v) is 5.67. The Morgan fingerprint density at radius 3 is 2.71 bits per heavy atom. The molecule has 4 nitrogen and oxygen atoms in total. The number of hydrogen-bond donors (Lipinski definition) is 2. The Morgan fingerprint density at radius 1 is 1.21 bits per heavy atom. The minimum atomic E-state index is 0.0875. The summed E-state index contributed by atoms with van der Waals surface area (Å²) in [6, 6.07) is 8.36. The Morgan fingerprint density at radius 2 is 2.00 bits per heavy atom. The van der Waals surface area contributed by atoms with Crippen LogP contribution in [0, 0.1) is 17.8 Å². The van der Waals surface area contributed by atoms with Crippen LogP contribution in [0.25, 0.3) is 0 Å². The molecule has 1 aliphatic heterocycles. The smallest absolute Gasteiger partial charge is 0.227 e. The Kier molecular flexibility index (Phi) is 5.90. The third-order valence-electron chi connectivity index (χ3n) is 5.67. The normalized spacial score (nSPS) is 28.0. The number of rotatable bonds is 5. The van der Waals surface area contributed by atoms with Crippen LogP contribution in [-0.2, 0) is 11.3 Å². The van der Waals surface area contributed by atoms with Crippen molar-refractivity contribution in [2.75, 3.05) is 25.0 Å². The van der Waals surface area contributed by atoms with E-state index in [4.69, 9.17) is 5.73 Å². The van der Waals surface area contributed by atoms with Gasteiger partial charge in [0, 0.05) is 24.7 Å². The highest BCUT2D eigenvalue weighted by molar-refractivity contribution is 5.92. The molecule has 24 heavy (non-hydrogen) atoms. The topological polar surface area (TPSA) is 58.4 Å². The van der Waals surface area contributed by atoms with Gasteiger partial charge in [0.25, 0.3) is 0 Å². The highest BCUT2D eigenvalue weighted by Gasteiger charge is 2.31. The Balaban J connectivity index is 1.53. The molecule has 1 heterocycles. The van der Waals surface area contributed by atoms with Crippen LogP contribution in [0.4, 0.5) is 5.69 Å². The van der Waals surface area contributed by atoms with E-state index in [1.54, 1.807) is 0 Å². The van der Waals surface area contributed by atoms with Crippen LogP contribution in [0.5, 0.6) is 0 Å². The molecule has 3 N–H and O–H groups in total. The molecule has 1 amide bonds. The van der Waals surface area contributed by atoms with Gasteiger partial charge in [-0.05, 0) is 68.3 Å². The molecule has 0 radical (unpaired) electrons. The molecule has 2 fully saturated rings. The van der Waals surface area contributed by atoms with Crippen LogP contribution < -0.4 is 11.1 Å². The number of piperidine rings is 1. The molecule has 0 bridgehead atoms. The zero-order valence-electron chi connectivity index (χ0n) is 14.8. The van der Waals surface area contributed by atoms with Gasteiger partial charge in [0.15, 0.2) is 0 Å². The van der Waals surface area contributed by atoms with Gasteiger partial charge in [-0.3, -0.25) is 9.69 Å². The van der Waals surface area contributed by atoms with Gasteiger partial charge < -0.3 is 11.1 Å². The molecule has 1 aliphatic carbocycles. The standard InChI is InChI=1S/C20H31N3O/c1-15-4-3-11-23(13-15)14-16-7-9-18(10-8-16)22-20(24)19-6-2-5-17(19)12-21/h7-10,15,17,19H,2-6,11-14,21H2,1H3,(H,22,24)/t15?,17-,19-/m1/s1. The third kappa shape index (κ3) is 4.37. The predicted molar refractivity (Wildman–Crippen MR) is 98.6 cm³/mol. The van der Waals surface area contributed by atoms with Gasteiger partial charge in [0.05, 0.1) is 0 Å². The van der Waals surface area contributed by atoms with Crippen molar-refractivity contribution in [1.29, 1.82) is 0 Å². The van der Waals surface area contributed by atoms with Crippen LogP contribution in [0.2, 0.25) is 0 Å². The molecule has 1 saturated heterocycles. The zero-order valence-corrected chi connectivity index (χ0v) is 14.8. The first-order valence-corrected chi connectivity index (χ1v) is 9.48. The minimum absolute atomic E-state index is 0.0875. The average Bonchev–Trinajstić information content (AvgIpc) is 3.05. The van der Waals surface area contributed by atoms with Gasteiger partial charge in [0.2, 0.25) is 5.91 Å². The van der Waals surface area contributed by atoms with Crippen molar-refractivity contribution >= 4 is 11.6 Å². The van der Waals surface area contributed by atoms with E-state index in [1.165, 1.54) is 31.5 Å². The fraction of sp³-hybridized carbons (Fsp3) is 0.650. The number of amides is 1. The summed E-state index contributed by atoms with van der Waals surface area (Å²) in [4.78, 5) is 15.0. The summed E-state index contributed by atoms with van der Waals surface area (Å²) >= 11 is 0. The molecule has 1 aromatic carbocycles. The summed E-state index contributed by atoms with van der Waals surface area (Å²) in [5.41, 5.74) is 8.01. The van der Waals surface area contributed by atoms with Gasteiger partial charge in [-0.1, -0.05) is 25.5 Å². The first kappa shape index (κ1) is 17.4. The van der Waals surface area contributed by atoms with Crippen molar-refractivity contribution in [2.45, 2.75) is 45.6 Å². The van der Waals surface area contributed by atoms with Crippen LogP contribution in [0.15, 0.2) is 24.3 Å². The minimum Gasteiger partial charge on any atom is -0.330 e. The molecule has 1 aromatic rings. The molecule has 132 valence electrons. The molecular weight excluding hydrogens is 298 g/mol. The summed E-state index contributed by atoms with van der Waals surface area (Å²) < 4.78 is 0. The lowest BCUT2D eigenvalue weighted by Crippen LogP contribution is -2.33. The fourth-order valence-corrected chi connectivity index (χ4v) is 4.28. The molecule has 0 aromatic heterocycles. The van der Waals surface area contributed by atoms with Crippen molar-refractivity contribution in [3.8, 4) is 0 Å². The van der Waals surface area contributed by atoms with Gasteiger partial charge in [-0.25, -0.2) is 0 Å². The van der Waals surface area contributed by atoms with E-state index in [1.807, 2.05) is 12.1 Å². The summed E-state index contributed by atoms with van der Waals surface area (Å²) in [6.07, 6.45) is 5.83. The van der Waals surface area contributed by atoms with Gasteiger partial charge in [0.1, 0.15) is 0 Å². The number of nitrogens with two attached hydrogens (primary N) is 1. The van der Waals surface area contributed by atoms with Crippen molar-refractivity contribution in [1.82, 2.24) is 4.90 Å². The van der Waals surface area contributed by atoms with Crippen molar-refractivity contribution in [2.24, 2.45) is 23.5 Å². The number of likely N-dealkylation sites (tertiary alicyclic amines) is 1. The number of nitrogens with one attached hydrogen (secondary N) is 1. The fourth-order valence-electron chi connectivity index (χ4n) is 4.28. The van der Waals surface area contributed by atoms with E-state index >= 15 is 0 Å². The van der Waals surface area contributed by atoms with Gasteiger partial charge in [-0.15, -0.1) is 0 Å². The van der Waals surface area contributed by atoms with Crippen molar-refractivity contribution in [3.05, 3.63) is 29.8 Å². The highest BCUT2D eigenvalue weighted by Crippen LogP contribution is 2.31. The molecule has 0 spiro atoms. The monoisotopic (exact) mass is 329 g/mol. The van der Waals surface area contributed by atoms with Crippen LogP contribution >= 0.6 is 0 Å². The summed E-state index contributed by atoms with van der Waals surface area (Å²) in [7, 11) is 0. The van der Waals surface area contributed by atoms with Crippen LogP contribution in [0.3, 0.4) is 0 Å². The van der Waals surface area contributed by atoms with E-state index in [2.05, 4.69) is 29.3 Å². The van der Waals surface area contributed by atoms with Gasteiger partial charge >= 0.3 is 0 Å². The number of benzene rings is 1. The second-order valence-corrected chi connectivity index (χ2v) is 7.70. The zero-order chi connectivity index (χ0) is 16.9. The molecule has 3 atom stereocenters. The number of hydrogen-bond acceptors (Lipinski definition) is 3. The number of carbonyl (C=O) groups excluding carboxylic acids is 1. The molecule has 1 unspecified atom stereocenters. The summed E-state index contributed by atoms with van der Waals surface area (Å²) in [5, 5.41) is 3.08. The lowest BCUT2D eigenvalue weighted by molar-refractivity contribution is -0.120. The van der Waals surface area contributed by atoms with Crippen LogP contribution in [0.1, 0.15) is 44.6 Å². The maximum Gasteiger partial charge on any atom is 0.227 e. The van der Waals surface area contributed by atoms with Crippen LogP contribution in [-0.4, -0.2) is 30.4 Å². The number of anilines is 1. The van der Waals surface area contributed by atoms with E-state index in [0.717, 1.165) is 37.4 Å².